The number of piperidine rings is 1. The first-order chi connectivity index (χ1) is 21.5. The van der Waals surface area contributed by atoms with E-state index in [1.807, 2.05) is 26.0 Å². The van der Waals surface area contributed by atoms with Crippen LogP contribution in [0.1, 0.15) is 67.9 Å². The van der Waals surface area contributed by atoms with Crippen LogP contribution < -0.4 is 10.6 Å². The van der Waals surface area contributed by atoms with Crippen LogP contribution in [0.15, 0.2) is 48.5 Å². The quantitative estimate of drug-likeness (QED) is 0.274. The van der Waals surface area contributed by atoms with Gasteiger partial charge < -0.3 is 15.4 Å². The Morgan fingerprint density at radius 1 is 1.04 bits per heavy atom. The third-order valence-electron chi connectivity index (χ3n) is 8.34. The van der Waals surface area contributed by atoms with E-state index >= 15 is 0 Å². The number of nitrogens with zero attached hydrogens (tertiary/aromatic N) is 6. The predicted molar refractivity (Wildman–Crippen MR) is 167 cm³/mol. The number of halogens is 2. The molecule has 0 spiro atoms. The number of fused-ring (bicyclic) bond motifs is 1. The number of aromatic nitrogens is 5. The topological polar surface area (TPSA) is 127 Å². The Morgan fingerprint density at radius 3 is 2.49 bits per heavy atom. The molecule has 2 N–H and O–H groups in total. The van der Waals surface area contributed by atoms with E-state index in [1.54, 1.807) is 28.6 Å². The number of alkyl halides is 2. The van der Waals surface area contributed by atoms with Crippen LogP contribution in [-0.4, -0.2) is 81.8 Å². The summed E-state index contributed by atoms with van der Waals surface area (Å²) in [5.74, 6) is 0.405. The van der Waals surface area contributed by atoms with Crippen molar-refractivity contribution in [2.75, 3.05) is 44.4 Å². The molecule has 2 fully saturated rings. The van der Waals surface area contributed by atoms with Crippen LogP contribution in [0, 0.1) is 0 Å². The molecule has 2 saturated heterocycles. The standard InChI is InChI=1S/C31H38F2N8O3S/c1-31(2,18-21-8-4-5-9-22(21)20-12-15-40(16-13-20)45(3,42)43)39-29-36-27(25-19-34-14-17-44-25)37-30(38-29)41-24-11-7-6-10-23(24)35-28(41)26(32)33/h4-11,20,25-26,34H,12-19H2,1-3H3,(H,36,37,38,39). The van der Waals surface area contributed by atoms with Crippen molar-refractivity contribution in [3.63, 3.8) is 0 Å². The summed E-state index contributed by atoms with van der Waals surface area (Å²) in [7, 11) is -3.21. The zero-order chi connectivity index (χ0) is 31.8. The van der Waals surface area contributed by atoms with Gasteiger partial charge in [0.25, 0.3) is 6.43 Å². The molecule has 45 heavy (non-hydrogen) atoms. The average Bonchev–Trinajstić information content (AvgIpc) is 3.41. The molecular weight excluding hydrogens is 602 g/mol. The molecule has 1 unspecified atom stereocenters. The first-order valence-electron chi connectivity index (χ1n) is 15.1. The van der Waals surface area contributed by atoms with E-state index in [0.717, 1.165) is 18.4 Å². The second-order valence-corrected chi connectivity index (χ2v) is 14.3. The van der Waals surface area contributed by atoms with E-state index in [-0.39, 0.29) is 17.8 Å². The molecule has 0 aliphatic carbocycles. The van der Waals surface area contributed by atoms with Gasteiger partial charge in [0.05, 0.1) is 23.9 Å². The van der Waals surface area contributed by atoms with E-state index in [4.69, 9.17) is 9.72 Å². The van der Waals surface area contributed by atoms with E-state index < -0.39 is 33.9 Å². The Balaban J connectivity index is 1.32. The van der Waals surface area contributed by atoms with Crippen molar-refractivity contribution < 1.29 is 21.9 Å². The fraction of sp³-hybridized carbons (Fsp3) is 0.484. The molecule has 0 saturated carbocycles. The predicted octanol–water partition coefficient (Wildman–Crippen LogP) is 4.38. The van der Waals surface area contributed by atoms with Gasteiger partial charge in [-0.3, -0.25) is 4.57 Å². The normalized spacial score (nSPS) is 18.9. The number of morpholine rings is 1. The lowest BCUT2D eigenvalue weighted by Gasteiger charge is -2.33. The second-order valence-electron chi connectivity index (χ2n) is 12.3. The molecule has 4 aromatic rings. The molecule has 0 bridgehead atoms. The summed E-state index contributed by atoms with van der Waals surface area (Å²) in [4.78, 5) is 18.2. The van der Waals surface area contributed by atoms with Crippen molar-refractivity contribution in [1.82, 2.24) is 34.1 Å². The number of rotatable bonds is 9. The molecule has 2 aromatic heterocycles. The van der Waals surface area contributed by atoms with Crippen LogP contribution in [0.5, 0.6) is 0 Å². The number of anilines is 1. The highest BCUT2D eigenvalue weighted by Gasteiger charge is 2.30. The number of para-hydroxylation sites is 2. The van der Waals surface area contributed by atoms with E-state index in [2.05, 4.69) is 37.7 Å². The lowest BCUT2D eigenvalue weighted by Crippen LogP contribution is -2.38. The van der Waals surface area contributed by atoms with Gasteiger partial charge in [-0.05, 0) is 62.3 Å². The fourth-order valence-corrected chi connectivity index (χ4v) is 7.10. The van der Waals surface area contributed by atoms with Crippen molar-refractivity contribution in [1.29, 1.82) is 0 Å². The smallest absolute Gasteiger partial charge is 0.296 e. The lowest BCUT2D eigenvalue weighted by molar-refractivity contribution is 0.0220. The van der Waals surface area contributed by atoms with Gasteiger partial charge in [0.15, 0.2) is 11.6 Å². The van der Waals surface area contributed by atoms with Gasteiger partial charge in [-0.25, -0.2) is 26.5 Å². The van der Waals surface area contributed by atoms with Crippen molar-refractivity contribution in [3.8, 4) is 5.95 Å². The van der Waals surface area contributed by atoms with Crippen LogP contribution in [0.25, 0.3) is 17.0 Å². The maximum atomic E-state index is 14.3. The summed E-state index contributed by atoms with van der Waals surface area (Å²) in [6.07, 6.45) is 0.0429. The van der Waals surface area contributed by atoms with Crippen LogP contribution in [0.4, 0.5) is 14.7 Å². The third kappa shape index (κ3) is 6.98. The highest BCUT2D eigenvalue weighted by molar-refractivity contribution is 7.88. The maximum absolute atomic E-state index is 14.3. The van der Waals surface area contributed by atoms with Gasteiger partial charge in [-0.2, -0.15) is 15.0 Å². The summed E-state index contributed by atoms with van der Waals surface area (Å²) in [6, 6.07) is 15.1. The Bertz CT molecular complexity index is 1770. The van der Waals surface area contributed by atoms with Gasteiger partial charge in [-0.15, -0.1) is 0 Å². The van der Waals surface area contributed by atoms with Crippen molar-refractivity contribution >= 4 is 27.0 Å². The number of imidazole rings is 1. The molecule has 4 heterocycles. The number of hydrogen-bond acceptors (Lipinski definition) is 9. The highest BCUT2D eigenvalue weighted by Crippen LogP contribution is 2.34. The van der Waals surface area contributed by atoms with Crippen molar-refractivity contribution in [2.24, 2.45) is 0 Å². The number of nitrogens with one attached hydrogen (secondary N) is 2. The monoisotopic (exact) mass is 640 g/mol. The number of sulfonamides is 1. The van der Waals surface area contributed by atoms with E-state index in [1.165, 1.54) is 16.4 Å². The molecule has 2 aliphatic heterocycles. The molecule has 2 aliphatic rings. The molecule has 240 valence electrons. The highest BCUT2D eigenvalue weighted by atomic mass is 32.2. The van der Waals surface area contributed by atoms with Gasteiger partial charge >= 0.3 is 0 Å². The molecule has 0 amide bonds. The molecule has 14 heteroatoms. The number of benzene rings is 2. The Kier molecular flexibility index (Phi) is 8.83. The van der Waals surface area contributed by atoms with Crippen molar-refractivity contribution in [3.05, 3.63) is 71.3 Å². The zero-order valence-electron chi connectivity index (χ0n) is 25.6. The van der Waals surface area contributed by atoms with E-state index in [0.29, 0.717) is 56.1 Å². The molecule has 6 rings (SSSR count). The maximum Gasteiger partial charge on any atom is 0.296 e. The molecule has 1 atom stereocenters. The van der Waals surface area contributed by atoms with Crippen LogP contribution in [0.2, 0.25) is 0 Å². The van der Waals surface area contributed by atoms with Gasteiger partial charge in [0.1, 0.15) is 6.10 Å². The molecule has 2 aromatic carbocycles. The second kappa shape index (κ2) is 12.7. The summed E-state index contributed by atoms with van der Waals surface area (Å²) in [6.45, 7) is 6.71. The van der Waals surface area contributed by atoms with Crippen molar-refractivity contribution in [2.45, 2.75) is 57.1 Å². The molecule has 0 radical (unpaired) electrons. The fourth-order valence-electron chi connectivity index (χ4n) is 6.23. The first kappa shape index (κ1) is 31.4. The van der Waals surface area contributed by atoms with Gasteiger partial charge in [0.2, 0.25) is 21.9 Å². The summed E-state index contributed by atoms with van der Waals surface area (Å²) in [5.41, 5.74) is 2.66. The zero-order valence-corrected chi connectivity index (χ0v) is 26.4. The Morgan fingerprint density at radius 2 is 1.78 bits per heavy atom. The van der Waals surface area contributed by atoms with Gasteiger partial charge in [-0.1, -0.05) is 36.4 Å². The minimum atomic E-state index is -3.21. The van der Waals surface area contributed by atoms with Gasteiger partial charge in [0, 0.05) is 31.7 Å². The minimum absolute atomic E-state index is 0.0366. The molecule has 11 nitrogen and oxygen atoms in total. The molecular formula is C31H38F2N8O3S. The summed E-state index contributed by atoms with van der Waals surface area (Å²) in [5, 5.41) is 6.73. The third-order valence-corrected chi connectivity index (χ3v) is 9.64. The number of ether oxygens (including phenoxy) is 1. The van der Waals surface area contributed by atoms with Crippen LogP contribution in [0.3, 0.4) is 0 Å². The summed E-state index contributed by atoms with van der Waals surface area (Å²) >= 11 is 0. The summed E-state index contributed by atoms with van der Waals surface area (Å²) < 4.78 is 61.4. The Hall–Kier alpha value is -3.59. The van der Waals surface area contributed by atoms with E-state index in [9.17, 15) is 17.2 Å². The largest absolute Gasteiger partial charge is 0.368 e. The Labute approximate surface area is 261 Å². The first-order valence-corrected chi connectivity index (χ1v) is 17.0. The average molecular weight is 641 g/mol. The minimum Gasteiger partial charge on any atom is -0.368 e. The SMILES string of the molecule is CC(C)(Cc1ccccc1C1CCN(S(C)(=O)=O)CC1)Nc1nc(C2CNCCO2)nc(-n2c(C(F)F)nc3ccccc32)n1. The van der Waals surface area contributed by atoms with Crippen LogP contribution in [-0.2, 0) is 21.2 Å². The lowest BCUT2D eigenvalue weighted by atomic mass is 9.83. The van der Waals surface area contributed by atoms with Crippen LogP contribution >= 0.6 is 0 Å². The number of hydrogen-bond donors (Lipinski definition) is 2.